The fourth-order valence-electron chi connectivity index (χ4n) is 0.197. The van der Waals surface area contributed by atoms with Crippen LogP contribution in [-0.2, 0) is 13.4 Å². The molecule has 1 unspecified atom stereocenters. The monoisotopic (exact) mass is 176 g/mol. The van der Waals surface area contributed by atoms with E-state index in [1.165, 1.54) is 0 Å². The molecule has 0 amide bonds. The number of hydrogen-bond acceptors (Lipinski definition) is 3. The van der Waals surface area contributed by atoms with E-state index >= 15 is 0 Å². The van der Waals surface area contributed by atoms with E-state index in [1.807, 2.05) is 0 Å². The first-order chi connectivity index (χ1) is 3.71. The highest BCUT2D eigenvalue weighted by Gasteiger charge is 2.24. The minimum atomic E-state index is -4.80. The lowest BCUT2D eigenvalue weighted by Gasteiger charge is -2.05. The van der Waals surface area contributed by atoms with Gasteiger partial charge in [-0.25, -0.2) is 8.88 Å². The average molecular weight is 176 g/mol. The van der Waals surface area contributed by atoms with Gasteiger partial charge in [-0.05, 0) is 0 Å². The van der Waals surface area contributed by atoms with Crippen LogP contribution in [0.1, 0.15) is 0 Å². The van der Waals surface area contributed by atoms with Gasteiger partial charge in [0.05, 0.1) is 0 Å². The molecule has 0 rings (SSSR count). The molecule has 0 aliphatic heterocycles. The molecule has 0 aromatic carbocycles. The van der Waals surface area contributed by atoms with Gasteiger partial charge in [-0.1, -0.05) is 0 Å². The largest absolute Gasteiger partial charge is 0.476 e. The molecule has 9 heavy (non-hydrogen) atoms. The predicted molar refractivity (Wildman–Crippen MR) is 28.9 cm³/mol. The highest BCUT2D eigenvalue weighted by atomic mass is 31.3. The molecule has 0 aromatic rings. The van der Waals surface area contributed by atoms with Gasteiger partial charge in [-0.3, -0.25) is 4.57 Å². The quantitative estimate of drug-likeness (QED) is 0.508. The van der Waals surface area contributed by atoms with Crippen molar-refractivity contribution in [3.05, 3.63) is 0 Å². The molecule has 3 N–H and O–H groups in total. The summed E-state index contributed by atoms with van der Waals surface area (Å²) < 4.78 is 23.3. The summed E-state index contributed by atoms with van der Waals surface area (Å²) in [4.78, 5) is 24.0. The third-order valence-corrected chi connectivity index (χ3v) is 2.32. The zero-order valence-corrected chi connectivity index (χ0v) is 6.25. The van der Waals surface area contributed by atoms with Gasteiger partial charge in [-0.2, -0.15) is 0 Å². The van der Waals surface area contributed by atoms with Crippen LogP contribution in [0.4, 0.5) is 0 Å². The average Bonchev–Trinajstić information content (AvgIpc) is 1.14. The topological polar surface area (TPSA) is 104 Å². The molecule has 0 saturated heterocycles. The number of phosphoric acid groups is 1. The van der Waals surface area contributed by atoms with Crippen LogP contribution >= 0.6 is 15.4 Å². The van der Waals surface area contributed by atoms with Gasteiger partial charge in [-0.15, -0.1) is 0 Å². The molecule has 0 fully saturated rings. The van der Waals surface area contributed by atoms with Crippen molar-refractivity contribution in [2.24, 2.45) is 0 Å². The van der Waals surface area contributed by atoms with Crippen LogP contribution in [0.15, 0.2) is 0 Å². The standard InChI is InChI=1S/CH6O6P2/c1-8(2,3)7-9(4,5)6/h1H3,(H,2,3)(H2,4,5,6). The summed E-state index contributed by atoms with van der Waals surface area (Å²) >= 11 is 0. The first kappa shape index (κ1) is 9.30. The van der Waals surface area contributed by atoms with E-state index in [-0.39, 0.29) is 0 Å². The Labute approximate surface area is 51.2 Å². The van der Waals surface area contributed by atoms with Crippen LogP contribution in [-0.4, -0.2) is 21.3 Å². The lowest BCUT2D eigenvalue weighted by molar-refractivity contribution is 0.266. The molecule has 0 aliphatic carbocycles. The normalized spacial score (nSPS) is 19.1. The summed E-state index contributed by atoms with van der Waals surface area (Å²) in [5.41, 5.74) is 0. The van der Waals surface area contributed by atoms with E-state index in [4.69, 9.17) is 14.7 Å². The summed E-state index contributed by atoms with van der Waals surface area (Å²) in [7, 11) is -8.85. The van der Waals surface area contributed by atoms with Gasteiger partial charge in [0.1, 0.15) is 0 Å². The zero-order chi connectivity index (χ0) is 7.71. The maximum absolute atomic E-state index is 10.1. The lowest BCUT2D eigenvalue weighted by atomic mass is 12.0. The molecular weight excluding hydrogens is 170 g/mol. The molecule has 0 saturated carbocycles. The molecule has 0 aliphatic rings. The van der Waals surface area contributed by atoms with E-state index in [2.05, 4.69) is 4.31 Å². The number of hydrogen-bond donors (Lipinski definition) is 3. The van der Waals surface area contributed by atoms with Crippen molar-refractivity contribution in [3.63, 3.8) is 0 Å². The molecule has 0 bridgehead atoms. The Bertz CT molecular complexity index is 151. The van der Waals surface area contributed by atoms with Crippen LogP contribution in [0, 0.1) is 0 Å². The van der Waals surface area contributed by atoms with Crippen molar-refractivity contribution >= 4 is 15.4 Å². The Hall–Kier alpha value is 0.300. The first-order valence-corrected chi connectivity index (χ1v) is 5.33. The molecule has 56 valence electrons. The highest BCUT2D eigenvalue weighted by molar-refractivity contribution is 7.63. The Kier molecular flexibility index (Phi) is 2.58. The molecule has 0 heterocycles. The summed E-state index contributed by atoms with van der Waals surface area (Å²) in [5.74, 6) is 0. The maximum Gasteiger partial charge on any atom is 0.476 e. The maximum atomic E-state index is 10.1. The molecule has 6 nitrogen and oxygen atoms in total. The zero-order valence-electron chi connectivity index (χ0n) is 4.46. The van der Waals surface area contributed by atoms with Crippen LogP contribution in [0.5, 0.6) is 0 Å². The van der Waals surface area contributed by atoms with Gasteiger partial charge < -0.3 is 14.7 Å². The second-order valence-corrected chi connectivity index (χ2v) is 4.62. The van der Waals surface area contributed by atoms with E-state index in [1.54, 1.807) is 0 Å². The van der Waals surface area contributed by atoms with Crippen molar-refractivity contribution < 1.29 is 28.1 Å². The highest BCUT2D eigenvalue weighted by Crippen LogP contribution is 2.54. The van der Waals surface area contributed by atoms with Crippen molar-refractivity contribution in [2.75, 3.05) is 6.66 Å². The third kappa shape index (κ3) is 8.30. The fraction of sp³-hybridized carbons (Fsp3) is 1.00. The van der Waals surface area contributed by atoms with Crippen LogP contribution < -0.4 is 0 Å². The molecular formula is CH6O6P2. The second kappa shape index (κ2) is 2.50. The predicted octanol–water partition coefficient (Wildman–Crippen LogP) is -0.0891. The van der Waals surface area contributed by atoms with Crippen molar-refractivity contribution in [1.29, 1.82) is 0 Å². The summed E-state index contributed by atoms with van der Waals surface area (Å²) in [5, 5.41) is 0. The second-order valence-electron chi connectivity index (χ2n) is 1.38. The Morgan fingerprint density at radius 3 is 1.56 bits per heavy atom. The Balaban J connectivity index is 4.07. The molecule has 1 atom stereocenters. The lowest BCUT2D eigenvalue weighted by Crippen LogP contribution is -1.83. The van der Waals surface area contributed by atoms with Gasteiger partial charge in [0.15, 0.2) is 0 Å². The SMILES string of the molecule is CP(=O)(O)OP(=O)(O)O. The van der Waals surface area contributed by atoms with Gasteiger partial charge in [0.2, 0.25) is 0 Å². The smallest absolute Gasteiger partial charge is 0.324 e. The molecule has 0 spiro atoms. The van der Waals surface area contributed by atoms with Gasteiger partial charge in [0.25, 0.3) is 0 Å². The van der Waals surface area contributed by atoms with Crippen molar-refractivity contribution in [2.45, 2.75) is 0 Å². The van der Waals surface area contributed by atoms with Gasteiger partial charge >= 0.3 is 15.4 Å². The Morgan fingerprint density at radius 2 is 1.56 bits per heavy atom. The Morgan fingerprint density at radius 1 is 1.22 bits per heavy atom. The summed E-state index contributed by atoms with van der Waals surface area (Å²) in [6, 6.07) is 0. The van der Waals surface area contributed by atoms with Crippen molar-refractivity contribution in [3.8, 4) is 0 Å². The minimum absolute atomic E-state index is 0.687. The molecule has 0 aromatic heterocycles. The molecule has 0 radical (unpaired) electrons. The van der Waals surface area contributed by atoms with Crippen molar-refractivity contribution in [1.82, 2.24) is 0 Å². The van der Waals surface area contributed by atoms with Gasteiger partial charge in [0, 0.05) is 6.66 Å². The summed E-state index contributed by atoms with van der Waals surface area (Å²) in [6.45, 7) is 0.687. The van der Waals surface area contributed by atoms with Crippen LogP contribution in [0.25, 0.3) is 0 Å². The van der Waals surface area contributed by atoms with E-state index in [0.717, 1.165) is 0 Å². The van der Waals surface area contributed by atoms with E-state index in [9.17, 15) is 9.13 Å². The fourth-order valence-corrected chi connectivity index (χ4v) is 1.78. The minimum Gasteiger partial charge on any atom is -0.324 e. The van der Waals surface area contributed by atoms with E-state index < -0.39 is 15.4 Å². The first-order valence-electron chi connectivity index (χ1n) is 1.78. The van der Waals surface area contributed by atoms with Crippen LogP contribution in [0.2, 0.25) is 0 Å². The van der Waals surface area contributed by atoms with Crippen LogP contribution in [0.3, 0.4) is 0 Å². The summed E-state index contributed by atoms with van der Waals surface area (Å²) in [6.07, 6.45) is 0. The number of rotatable bonds is 2. The molecule has 8 heteroatoms. The third-order valence-electron chi connectivity index (χ3n) is 0.258. The van der Waals surface area contributed by atoms with E-state index in [0.29, 0.717) is 6.66 Å².